The van der Waals surface area contributed by atoms with E-state index in [1.165, 1.54) is 11.3 Å². The van der Waals surface area contributed by atoms with Gasteiger partial charge in [0.15, 0.2) is 10.8 Å². The summed E-state index contributed by atoms with van der Waals surface area (Å²) in [5, 5.41) is 5.76. The lowest BCUT2D eigenvalue weighted by molar-refractivity contribution is 0.0944. The van der Waals surface area contributed by atoms with Gasteiger partial charge in [0.05, 0.1) is 11.7 Å². The van der Waals surface area contributed by atoms with Crippen LogP contribution in [0.1, 0.15) is 39.0 Å². The number of hydrogen-bond donors (Lipinski definition) is 1. The van der Waals surface area contributed by atoms with Crippen LogP contribution in [-0.2, 0) is 0 Å². The summed E-state index contributed by atoms with van der Waals surface area (Å²) in [5.74, 6) is 1.45. The molecule has 3 rings (SSSR count). The molecule has 0 aromatic carbocycles. The third-order valence-corrected chi connectivity index (χ3v) is 5.50. The van der Waals surface area contributed by atoms with Crippen LogP contribution in [-0.4, -0.2) is 10.9 Å². The first-order valence-corrected chi connectivity index (χ1v) is 8.62. The summed E-state index contributed by atoms with van der Waals surface area (Å²) in [4.78, 5) is 18.7. The third-order valence-electron chi connectivity index (χ3n) is 3.27. The molecule has 0 bridgehead atoms. The molecule has 1 unspecified atom stereocenters. The summed E-state index contributed by atoms with van der Waals surface area (Å²) in [5.41, 5.74) is 0.727. The molecule has 0 saturated carbocycles. The van der Waals surface area contributed by atoms with Crippen molar-refractivity contribution in [3.63, 3.8) is 0 Å². The SMILES string of the molecule is Cc1ccc(-c2nc(C)c(C(=O)NC(C)c3cccs3)s2)o1. The number of carbonyl (C=O) groups is 1. The summed E-state index contributed by atoms with van der Waals surface area (Å²) in [6, 6.07) is 7.77. The number of rotatable bonds is 4. The molecule has 3 aromatic heterocycles. The van der Waals surface area contributed by atoms with E-state index in [9.17, 15) is 4.79 Å². The number of amides is 1. The molecule has 0 aliphatic heterocycles. The van der Waals surface area contributed by atoms with E-state index in [1.54, 1.807) is 11.3 Å². The number of aryl methyl sites for hydroxylation is 2. The predicted molar refractivity (Wildman–Crippen MR) is 89.5 cm³/mol. The molecule has 114 valence electrons. The molecule has 0 saturated heterocycles. The Balaban J connectivity index is 1.80. The van der Waals surface area contributed by atoms with Gasteiger partial charge in [0, 0.05) is 4.88 Å². The molecule has 0 spiro atoms. The van der Waals surface area contributed by atoms with E-state index in [1.807, 2.05) is 50.4 Å². The van der Waals surface area contributed by atoms with Crippen LogP contribution in [0, 0.1) is 13.8 Å². The molecule has 3 heterocycles. The second kappa shape index (κ2) is 6.06. The van der Waals surface area contributed by atoms with Crippen molar-refractivity contribution in [2.45, 2.75) is 26.8 Å². The molecule has 1 N–H and O–H groups in total. The average Bonchev–Trinajstić information content (AvgIpc) is 3.18. The van der Waals surface area contributed by atoms with Gasteiger partial charge < -0.3 is 9.73 Å². The second-order valence-electron chi connectivity index (χ2n) is 5.05. The molecule has 22 heavy (non-hydrogen) atoms. The van der Waals surface area contributed by atoms with Crippen molar-refractivity contribution in [1.29, 1.82) is 0 Å². The van der Waals surface area contributed by atoms with Crippen molar-refractivity contribution < 1.29 is 9.21 Å². The lowest BCUT2D eigenvalue weighted by atomic mass is 10.2. The predicted octanol–water partition coefficient (Wildman–Crippen LogP) is 4.57. The largest absolute Gasteiger partial charge is 0.459 e. The molecule has 0 aliphatic rings. The summed E-state index contributed by atoms with van der Waals surface area (Å²) in [6.45, 7) is 5.72. The van der Waals surface area contributed by atoms with Crippen molar-refractivity contribution in [3.05, 3.63) is 50.9 Å². The summed E-state index contributed by atoms with van der Waals surface area (Å²) >= 11 is 3.00. The number of nitrogens with one attached hydrogen (secondary N) is 1. The van der Waals surface area contributed by atoms with Gasteiger partial charge in [-0.05, 0) is 44.4 Å². The standard InChI is InChI=1S/C16H16N2O2S2/c1-9-6-7-12(20-9)16-18-11(3)14(22-16)15(19)17-10(2)13-5-4-8-21-13/h4-8,10H,1-3H3,(H,17,19). The van der Waals surface area contributed by atoms with Crippen molar-refractivity contribution in [3.8, 4) is 10.8 Å². The van der Waals surface area contributed by atoms with Gasteiger partial charge in [-0.1, -0.05) is 6.07 Å². The van der Waals surface area contributed by atoms with Gasteiger partial charge in [-0.2, -0.15) is 0 Å². The zero-order chi connectivity index (χ0) is 15.7. The third kappa shape index (κ3) is 2.98. The van der Waals surface area contributed by atoms with E-state index in [0.717, 1.165) is 21.3 Å². The minimum Gasteiger partial charge on any atom is -0.459 e. The smallest absolute Gasteiger partial charge is 0.263 e. The van der Waals surface area contributed by atoms with Gasteiger partial charge in [0.1, 0.15) is 10.6 Å². The van der Waals surface area contributed by atoms with Gasteiger partial charge in [-0.25, -0.2) is 4.98 Å². The van der Waals surface area contributed by atoms with Crippen LogP contribution in [0.5, 0.6) is 0 Å². The maximum absolute atomic E-state index is 12.5. The fourth-order valence-electron chi connectivity index (χ4n) is 2.13. The Morgan fingerprint density at radius 2 is 2.14 bits per heavy atom. The van der Waals surface area contributed by atoms with Crippen LogP contribution in [0.15, 0.2) is 34.1 Å². The van der Waals surface area contributed by atoms with E-state index in [-0.39, 0.29) is 11.9 Å². The van der Waals surface area contributed by atoms with E-state index in [4.69, 9.17) is 4.42 Å². The van der Waals surface area contributed by atoms with Gasteiger partial charge in [0.25, 0.3) is 5.91 Å². The number of aromatic nitrogens is 1. The Kier molecular flexibility index (Phi) is 4.13. The van der Waals surface area contributed by atoms with Crippen LogP contribution in [0.2, 0.25) is 0 Å². The molecular weight excluding hydrogens is 316 g/mol. The lowest BCUT2D eigenvalue weighted by Crippen LogP contribution is -2.25. The van der Waals surface area contributed by atoms with Gasteiger partial charge in [0.2, 0.25) is 0 Å². The Hall–Kier alpha value is -1.92. The van der Waals surface area contributed by atoms with E-state index in [0.29, 0.717) is 10.6 Å². The fourth-order valence-corrected chi connectivity index (χ4v) is 3.80. The van der Waals surface area contributed by atoms with E-state index < -0.39 is 0 Å². The Morgan fingerprint density at radius 3 is 2.77 bits per heavy atom. The van der Waals surface area contributed by atoms with Gasteiger partial charge >= 0.3 is 0 Å². The molecular formula is C16H16N2O2S2. The van der Waals surface area contributed by atoms with Crippen LogP contribution >= 0.6 is 22.7 Å². The lowest BCUT2D eigenvalue weighted by Gasteiger charge is -2.11. The van der Waals surface area contributed by atoms with E-state index >= 15 is 0 Å². The quantitative estimate of drug-likeness (QED) is 0.761. The van der Waals surface area contributed by atoms with Crippen molar-refractivity contribution in [1.82, 2.24) is 10.3 Å². The first kappa shape index (κ1) is 15.0. The van der Waals surface area contributed by atoms with Gasteiger partial charge in [-0.15, -0.1) is 22.7 Å². The number of carbonyl (C=O) groups excluding carboxylic acids is 1. The Labute approximate surface area is 136 Å². The maximum atomic E-state index is 12.5. The zero-order valence-corrected chi connectivity index (χ0v) is 14.2. The summed E-state index contributed by atoms with van der Waals surface area (Å²) < 4.78 is 5.58. The van der Waals surface area contributed by atoms with Crippen molar-refractivity contribution in [2.75, 3.05) is 0 Å². The maximum Gasteiger partial charge on any atom is 0.263 e. The number of thiazole rings is 1. The van der Waals surface area contributed by atoms with Crippen LogP contribution in [0.3, 0.4) is 0 Å². The molecule has 4 nitrogen and oxygen atoms in total. The summed E-state index contributed by atoms with van der Waals surface area (Å²) in [6.07, 6.45) is 0. The van der Waals surface area contributed by atoms with Gasteiger partial charge in [-0.3, -0.25) is 4.79 Å². The number of furan rings is 1. The molecule has 0 aliphatic carbocycles. The molecule has 0 fully saturated rings. The highest BCUT2D eigenvalue weighted by Crippen LogP contribution is 2.29. The molecule has 0 radical (unpaired) electrons. The highest BCUT2D eigenvalue weighted by molar-refractivity contribution is 7.17. The highest BCUT2D eigenvalue weighted by atomic mass is 32.1. The minimum atomic E-state index is -0.0922. The molecule has 6 heteroatoms. The summed E-state index contributed by atoms with van der Waals surface area (Å²) in [7, 11) is 0. The first-order valence-electron chi connectivity index (χ1n) is 6.93. The monoisotopic (exact) mass is 332 g/mol. The molecule has 3 aromatic rings. The first-order chi connectivity index (χ1) is 10.5. The van der Waals surface area contributed by atoms with Crippen LogP contribution < -0.4 is 5.32 Å². The zero-order valence-electron chi connectivity index (χ0n) is 12.5. The molecule has 1 amide bonds. The number of nitrogens with zero attached hydrogens (tertiary/aromatic N) is 1. The Morgan fingerprint density at radius 1 is 1.32 bits per heavy atom. The van der Waals surface area contributed by atoms with Crippen molar-refractivity contribution in [2.24, 2.45) is 0 Å². The second-order valence-corrected chi connectivity index (χ2v) is 7.03. The average molecular weight is 332 g/mol. The minimum absolute atomic E-state index is 0.0108. The van der Waals surface area contributed by atoms with E-state index in [2.05, 4.69) is 10.3 Å². The fraction of sp³-hybridized carbons (Fsp3) is 0.250. The highest BCUT2D eigenvalue weighted by Gasteiger charge is 2.19. The van der Waals surface area contributed by atoms with Crippen molar-refractivity contribution >= 4 is 28.6 Å². The van der Waals surface area contributed by atoms with Crippen LogP contribution in [0.4, 0.5) is 0 Å². The normalized spacial score (nSPS) is 12.3. The number of thiophene rings is 1. The number of hydrogen-bond acceptors (Lipinski definition) is 5. The Bertz CT molecular complexity index is 787. The van der Waals surface area contributed by atoms with Crippen LogP contribution in [0.25, 0.3) is 10.8 Å². The topological polar surface area (TPSA) is 55.1 Å². The molecule has 1 atom stereocenters.